The van der Waals surface area contributed by atoms with Crippen molar-refractivity contribution in [2.24, 2.45) is 5.41 Å². The quantitative estimate of drug-likeness (QED) is 0.164. The molecule has 0 N–H and O–H groups in total. The summed E-state index contributed by atoms with van der Waals surface area (Å²) in [6.07, 6.45) is 13.5. The summed E-state index contributed by atoms with van der Waals surface area (Å²) in [5.41, 5.74) is 4.64. The molecular weight excluding hydrogens is 364 g/mol. The normalized spacial score (nSPS) is 17.0. The fraction of sp³-hybridized carbons (Fsp3) is 0.520. The van der Waals surface area contributed by atoms with Gasteiger partial charge in [0.1, 0.15) is 5.57 Å². The summed E-state index contributed by atoms with van der Waals surface area (Å²) in [7, 11) is 0. The number of hydrogen-bond acceptors (Lipinski definition) is 4. The van der Waals surface area contributed by atoms with E-state index in [0.29, 0.717) is 5.57 Å². The SMILES string of the molecule is CCOC(=O)C(C(=O)OCC)=C(C)/C=C/C=C(C)/C=C/C1=C(C)CCCC1(C)C. The van der Waals surface area contributed by atoms with Crippen molar-refractivity contribution in [3.8, 4) is 0 Å². The minimum absolute atomic E-state index is 0.0590. The zero-order valence-electron chi connectivity index (χ0n) is 19.1. The van der Waals surface area contributed by atoms with Gasteiger partial charge in [-0.15, -0.1) is 0 Å². The largest absolute Gasteiger partial charge is 0.462 e. The molecule has 0 spiro atoms. The van der Waals surface area contributed by atoms with Crippen LogP contribution >= 0.6 is 0 Å². The minimum atomic E-state index is -0.657. The number of carbonyl (C=O) groups is 2. The summed E-state index contributed by atoms with van der Waals surface area (Å²) < 4.78 is 9.98. The first-order chi connectivity index (χ1) is 13.6. The van der Waals surface area contributed by atoms with Gasteiger partial charge in [0.2, 0.25) is 0 Å². The molecule has 0 aliphatic heterocycles. The van der Waals surface area contributed by atoms with Gasteiger partial charge in [0.05, 0.1) is 13.2 Å². The van der Waals surface area contributed by atoms with E-state index >= 15 is 0 Å². The van der Waals surface area contributed by atoms with E-state index in [1.54, 1.807) is 26.8 Å². The number of ether oxygens (including phenoxy) is 2. The Balaban J connectivity index is 3.01. The lowest BCUT2D eigenvalue weighted by molar-refractivity contribution is -0.146. The lowest BCUT2D eigenvalue weighted by Crippen LogP contribution is -2.19. The number of carbonyl (C=O) groups excluding carboxylic acids is 2. The number of allylic oxidation sites excluding steroid dienone is 9. The molecule has 0 saturated carbocycles. The standard InChI is InChI=1S/C25H36O4/c1-8-28-23(26)22(24(27)29-9-2)20(5)13-10-12-18(3)15-16-21-19(4)14-11-17-25(21,6)7/h10,12-13,15-16H,8-9,11,14,17H2,1-7H3/b13-10+,16-15+,18-12+. The Morgan fingerprint density at radius 3 is 2.14 bits per heavy atom. The average molecular weight is 401 g/mol. The molecule has 1 aliphatic carbocycles. The van der Waals surface area contributed by atoms with Crippen LogP contribution in [0.1, 0.15) is 67.7 Å². The predicted molar refractivity (Wildman–Crippen MR) is 118 cm³/mol. The third-order valence-electron chi connectivity index (χ3n) is 5.11. The van der Waals surface area contributed by atoms with Crippen LogP contribution in [0.5, 0.6) is 0 Å². The summed E-state index contributed by atoms with van der Waals surface area (Å²) in [4.78, 5) is 24.2. The third kappa shape index (κ3) is 7.52. The first-order valence-electron chi connectivity index (χ1n) is 10.4. The van der Waals surface area contributed by atoms with Gasteiger partial charge in [-0.2, -0.15) is 0 Å². The molecule has 0 aromatic rings. The fourth-order valence-electron chi connectivity index (χ4n) is 3.52. The second-order valence-electron chi connectivity index (χ2n) is 8.03. The third-order valence-corrected chi connectivity index (χ3v) is 5.11. The zero-order chi connectivity index (χ0) is 22.0. The van der Waals surface area contributed by atoms with E-state index in [2.05, 4.69) is 32.9 Å². The van der Waals surface area contributed by atoms with Crippen molar-refractivity contribution in [3.05, 3.63) is 58.2 Å². The topological polar surface area (TPSA) is 52.6 Å². The molecule has 4 heteroatoms. The van der Waals surface area contributed by atoms with Gasteiger partial charge in [0.15, 0.2) is 0 Å². The van der Waals surface area contributed by atoms with E-state index in [1.807, 2.05) is 19.1 Å². The van der Waals surface area contributed by atoms with Crippen LogP contribution < -0.4 is 0 Å². The molecule has 4 nitrogen and oxygen atoms in total. The van der Waals surface area contributed by atoms with Crippen molar-refractivity contribution in [3.63, 3.8) is 0 Å². The van der Waals surface area contributed by atoms with Crippen LogP contribution in [-0.2, 0) is 19.1 Å². The van der Waals surface area contributed by atoms with Crippen LogP contribution in [0.3, 0.4) is 0 Å². The summed E-state index contributed by atoms with van der Waals surface area (Å²) in [5.74, 6) is -1.31. The van der Waals surface area contributed by atoms with Crippen LogP contribution in [0.25, 0.3) is 0 Å². The second kappa shape index (κ2) is 11.6. The molecule has 0 bridgehead atoms. The molecule has 160 valence electrons. The van der Waals surface area contributed by atoms with Crippen LogP contribution in [0, 0.1) is 5.41 Å². The van der Waals surface area contributed by atoms with Gasteiger partial charge < -0.3 is 9.47 Å². The van der Waals surface area contributed by atoms with E-state index < -0.39 is 11.9 Å². The van der Waals surface area contributed by atoms with Gasteiger partial charge in [-0.3, -0.25) is 0 Å². The Kier molecular flexibility index (Phi) is 9.87. The Labute approximate surface area is 176 Å². The highest BCUT2D eigenvalue weighted by molar-refractivity contribution is 6.15. The van der Waals surface area contributed by atoms with Crippen LogP contribution in [0.15, 0.2) is 58.2 Å². The molecule has 0 heterocycles. The first-order valence-corrected chi connectivity index (χ1v) is 10.4. The van der Waals surface area contributed by atoms with Crippen molar-refractivity contribution in [1.29, 1.82) is 0 Å². The van der Waals surface area contributed by atoms with Crippen molar-refractivity contribution >= 4 is 11.9 Å². The maximum Gasteiger partial charge on any atom is 0.345 e. The molecular formula is C25H36O4. The molecule has 0 unspecified atom stereocenters. The monoisotopic (exact) mass is 400 g/mol. The van der Waals surface area contributed by atoms with Crippen molar-refractivity contribution in [2.75, 3.05) is 13.2 Å². The average Bonchev–Trinajstić information content (AvgIpc) is 2.61. The van der Waals surface area contributed by atoms with E-state index in [0.717, 1.165) is 5.57 Å². The summed E-state index contributed by atoms with van der Waals surface area (Å²) >= 11 is 0. The molecule has 0 radical (unpaired) electrons. The Hall–Kier alpha value is -2.36. The molecule has 0 aromatic heterocycles. The molecule has 0 saturated heterocycles. The van der Waals surface area contributed by atoms with Crippen LogP contribution in [-0.4, -0.2) is 25.2 Å². The number of rotatable bonds is 8. The Morgan fingerprint density at radius 2 is 1.62 bits per heavy atom. The van der Waals surface area contributed by atoms with Crippen molar-refractivity contribution in [1.82, 2.24) is 0 Å². The highest BCUT2D eigenvalue weighted by Gasteiger charge is 2.26. The number of hydrogen-bond donors (Lipinski definition) is 0. The van der Waals surface area contributed by atoms with E-state index in [9.17, 15) is 9.59 Å². The summed E-state index contributed by atoms with van der Waals surface area (Å²) in [6, 6.07) is 0. The van der Waals surface area contributed by atoms with Gasteiger partial charge >= 0.3 is 11.9 Å². The molecule has 29 heavy (non-hydrogen) atoms. The van der Waals surface area contributed by atoms with E-state index in [4.69, 9.17) is 9.47 Å². The maximum atomic E-state index is 12.1. The highest BCUT2D eigenvalue weighted by atomic mass is 16.6. The zero-order valence-corrected chi connectivity index (χ0v) is 19.1. The molecule has 1 aliphatic rings. The van der Waals surface area contributed by atoms with Gasteiger partial charge in [0.25, 0.3) is 0 Å². The van der Waals surface area contributed by atoms with Gasteiger partial charge in [-0.1, -0.05) is 55.4 Å². The van der Waals surface area contributed by atoms with E-state index in [1.165, 1.54) is 30.4 Å². The van der Waals surface area contributed by atoms with Crippen LogP contribution in [0.2, 0.25) is 0 Å². The van der Waals surface area contributed by atoms with E-state index in [-0.39, 0.29) is 24.2 Å². The fourth-order valence-corrected chi connectivity index (χ4v) is 3.52. The molecule has 0 atom stereocenters. The highest BCUT2D eigenvalue weighted by Crippen LogP contribution is 2.40. The Bertz CT molecular complexity index is 738. The lowest BCUT2D eigenvalue weighted by Gasteiger charge is -2.32. The smallest absolute Gasteiger partial charge is 0.345 e. The van der Waals surface area contributed by atoms with Gasteiger partial charge in [0, 0.05) is 0 Å². The Morgan fingerprint density at radius 1 is 1.03 bits per heavy atom. The summed E-state index contributed by atoms with van der Waals surface area (Å²) in [5, 5.41) is 0. The molecule has 0 amide bonds. The molecule has 0 fully saturated rings. The van der Waals surface area contributed by atoms with Crippen LogP contribution in [0.4, 0.5) is 0 Å². The van der Waals surface area contributed by atoms with Crippen molar-refractivity contribution in [2.45, 2.75) is 67.7 Å². The van der Waals surface area contributed by atoms with Gasteiger partial charge in [-0.05, 0) is 70.4 Å². The predicted octanol–water partition coefficient (Wildman–Crippen LogP) is 6.01. The molecule has 0 aromatic carbocycles. The minimum Gasteiger partial charge on any atom is -0.462 e. The van der Waals surface area contributed by atoms with Gasteiger partial charge in [-0.25, -0.2) is 9.59 Å². The molecule has 1 rings (SSSR count). The lowest BCUT2D eigenvalue weighted by atomic mass is 9.72. The maximum absolute atomic E-state index is 12.1. The second-order valence-corrected chi connectivity index (χ2v) is 8.03. The summed E-state index contributed by atoms with van der Waals surface area (Å²) in [6.45, 7) is 14.4. The first kappa shape index (κ1) is 24.7. The number of esters is 2. The van der Waals surface area contributed by atoms with Crippen molar-refractivity contribution < 1.29 is 19.1 Å².